The maximum absolute atomic E-state index is 10.3. The van der Waals surface area contributed by atoms with Crippen LogP contribution in [-0.4, -0.2) is 5.11 Å². The average molecular weight is 305 g/mol. The zero-order chi connectivity index (χ0) is 13.1. The molecule has 0 amide bonds. The second kappa shape index (κ2) is 5.68. The molecule has 0 aliphatic heterocycles. The topological polar surface area (TPSA) is 20.2 Å². The minimum atomic E-state index is -0.456. The van der Waals surface area contributed by atoms with Crippen LogP contribution in [-0.2, 0) is 6.42 Å². The fourth-order valence-corrected chi connectivity index (χ4v) is 2.48. The first kappa shape index (κ1) is 13.3. The molecule has 2 aromatic carbocycles. The van der Waals surface area contributed by atoms with E-state index in [9.17, 15) is 5.11 Å². The van der Waals surface area contributed by atoms with Gasteiger partial charge in [0.05, 0.1) is 6.10 Å². The maximum Gasteiger partial charge on any atom is 0.0830 e. The number of rotatable bonds is 3. The van der Waals surface area contributed by atoms with Gasteiger partial charge >= 0.3 is 0 Å². The van der Waals surface area contributed by atoms with Crippen LogP contribution in [0.4, 0.5) is 0 Å². The normalized spacial score (nSPS) is 12.4. The van der Waals surface area contributed by atoms with Gasteiger partial charge in [0.25, 0.3) is 0 Å². The minimum absolute atomic E-state index is 0.456. The first-order valence-corrected chi connectivity index (χ1v) is 6.85. The van der Waals surface area contributed by atoms with Gasteiger partial charge in [-0.1, -0.05) is 51.8 Å². The zero-order valence-corrected chi connectivity index (χ0v) is 12.2. The van der Waals surface area contributed by atoms with E-state index in [2.05, 4.69) is 48.0 Å². The van der Waals surface area contributed by atoms with Crippen molar-refractivity contribution in [2.24, 2.45) is 0 Å². The van der Waals surface area contributed by atoms with Crippen LogP contribution in [0.15, 0.2) is 46.9 Å². The van der Waals surface area contributed by atoms with Gasteiger partial charge in [-0.25, -0.2) is 0 Å². The molecule has 0 saturated carbocycles. The summed E-state index contributed by atoms with van der Waals surface area (Å²) in [5.74, 6) is 0. The Balaban J connectivity index is 2.21. The molecule has 2 aromatic rings. The van der Waals surface area contributed by atoms with Gasteiger partial charge < -0.3 is 5.11 Å². The molecular formula is C16H17BrO. The number of aliphatic hydroxyl groups is 1. The molecule has 0 aliphatic carbocycles. The Morgan fingerprint density at radius 1 is 1.11 bits per heavy atom. The van der Waals surface area contributed by atoms with E-state index in [0.717, 1.165) is 10.0 Å². The Morgan fingerprint density at radius 3 is 2.61 bits per heavy atom. The molecule has 18 heavy (non-hydrogen) atoms. The SMILES string of the molecule is Cc1ccc(C)c(CC(O)c2cccc(Br)c2)c1. The highest BCUT2D eigenvalue weighted by molar-refractivity contribution is 9.10. The molecule has 0 aliphatic rings. The van der Waals surface area contributed by atoms with Crippen LogP contribution in [0.3, 0.4) is 0 Å². The smallest absolute Gasteiger partial charge is 0.0830 e. The molecule has 0 bridgehead atoms. The van der Waals surface area contributed by atoms with E-state index in [1.807, 2.05) is 24.3 Å². The number of halogens is 1. The van der Waals surface area contributed by atoms with Crippen molar-refractivity contribution in [1.29, 1.82) is 0 Å². The summed E-state index contributed by atoms with van der Waals surface area (Å²) in [5, 5.41) is 10.3. The molecule has 1 unspecified atom stereocenters. The van der Waals surface area contributed by atoms with E-state index in [1.54, 1.807) is 0 Å². The molecule has 2 rings (SSSR count). The number of benzene rings is 2. The van der Waals surface area contributed by atoms with E-state index >= 15 is 0 Å². The summed E-state index contributed by atoms with van der Waals surface area (Å²) in [6.07, 6.45) is 0.201. The summed E-state index contributed by atoms with van der Waals surface area (Å²) >= 11 is 3.43. The average Bonchev–Trinajstić information content (AvgIpc) is 2.34. The Hall–Kier alpha value is -1.12. The van der Waals surface area contributed by atoms with Crippen molar-refractivity contribution in [2.75, 3.05) is 0 Å². The lowest BCUT2D eigenvalue weighted by molar-refractivity contribution is 0.178. The number of aryl methyl sites for hydroxylation is 2. The van der Waals surface area contributed by atoms with Crippen LogP contribution in [0.1, 0.15) is 28.4 Å². The summed E-state index contributed by atoms with van der Waals surface area (Å²) in [5.41, 5.74) is 4.62. The summed E-state index contributed by atoms with van der Waals surface area (Å²) in [4.78, 5) is 0. The van der Waals surface area contributed by atoms with Crippen molar-refractivity contribution in [2.45, 2.75) is 26.4 Å². The Kier molecular flexibility index (Phi) is 4.20. The van der Waals surface area contributed by atoms with E-state index in [4.69, 9.17) is 0 Å². The van der Waals surface area contributed by atoms with Crippen molar-refractivity contribution >= 4 is 15.9 Å². The lowest BCUT2D eigenvalue weighted by atomic mass is 9.97. The highest BCUT2D eigenvalue weighted by Crippen LogP contribution is 2.23. The number of hydrogen-bond acceptors (Lipinski definition) is 1. The van der Waals surface area contributed by atoms with Gasteiger partial charge in [-0.15, -0.1) is 0 Å². The molecule has 0 radical (unpaired) electrons. The predicted molar refractivity (Wildman–Crippen MR) is 78.7 cm³/mol. The molecule has 0 spiro atoms. The summed E-state index contributed by atoms with van der Waals surface area (Å²) in [7, 11) is 0. The van der Waals surface area contributed by atoms with Crippen LogP contribution in [0, 0.1) is 13.8 Å². The Labute approximate surface area is 117 Å². The van der Waals surface area contributed by atoms with E-state index < -0.39 is 6.10 Å². The fourth-order valence-electron chi connectivity index (χ4n) is 2.06. The molecule has 1 atom stereocenters. The molecular weight excluding hydrogens is 288 g/mol. The molecule has 0 saturated heterocycles. The van der Waals surface area contributed by atoms with Crippen LogP contribution < -0.4 is 0 Å². The standard InChI is InChI=1S/C16H17BrO/c1-11-6-7-12(2)14(8-11)10-16(18)13-4-3-5-15(17)9-13/h3-9,16,18H,10H2,1-2H3. The van der Waals surface area contributed by atoms with Gasteiger partial charge in [-0.3, -0.25) is 0 Å². The minimum Gasteiger partial charge on any atom is -0.388 e. The third-order valence-electron chi connectivity index (χ3n) is 3.15. The van der Waals surface area contributed by atoms with Crippen LogP contribution >= 0.6 is 15.9 Å². The second-order valence-corrected chi connectivity index (χ2v) is 5.62. The Bertz CT molecular complexity index is 549. The molecule has 0 aromatic heterocycles. The fraction of sp³-hybridized carbons (Fsp3) is 0.250. The lowest BCUT2D eigenvalue weighted by Gasteiger charge is -2.14. The van der Waals surface area contributed by atoms with Crippen molar-refractivity contribution in [3.63, 3.8) is 0 Å². The van der Waals surface area contributed by atoms with Gasteiger partial charge in [0.2, 0.25) is 0 Å². The van der Waals surface area contributed by atoms with Gasteiger partial charge in [0.1, 0.15) is 0 Å². The number of hydrogen-bond donors (Lipinski definition) is 1. The van der Waals surface area contributed by atoms with Crippen molar-refractivity contribution in [1.82, 2.24) is 0 Å². The van der Waals surface area contributed by atoms with E-state index in [-0.39, 0.29) is 0 Å². The first-order valence-electron chi connectivity index (χ1n) is 6.06. The van der Waals surface area contributed by atoms with Crippen LogP contribution in [0.25, 0.3) is 0 Å². The quantitative estimate of drug-likeness (QED) is 0.894. The molecule has 0 heterocycles. The molecule has 94 valence electrons. The van der Waals surface area contributed by atoms with Gasteiger partial charge in [-0.2, -0.15) is 0 Å². The zero-order valence-electron chi connectivity index (χ0n) is 10.7. The highest BCUT2D eigenvalue weighted by atomic mass is 79.9. The van der Waals surface area contributed by atoms with Gasteiger partial charge in [0.15, 0.2) is 0 Å². The van der Waals surface area contributed by atoms with Gasteiger partial charge in [0, 0.05) is 10.9 Å². The molecule has 1 N–H and O–H groups in total. The predicted octanol–water partition coefficient (Wildman–Crippen LogP) is 4.34. The Morgan fingerprint density at radius 2 is 1.89 bits per heavy atom. The summed E-state index contributed by atoms with van der Waals surface area (Å²) < 4.78 is 1.00. The van der Waals surface area contributed by atoms with E-state index in [1.165, 1.54) is 16.7 Å². The monoisotopic (exact) mass is 304 g/mol. The summed E-state index contributed by atoms with van der Waals surface area (Å²) in [6.45, 7) is 4.16. The van der Waals surface area contributed by atoms with Crippen molar-refractivity contribution in [3.05, 3.63) is 69.2 Å². The number of aliphatic hydroxyl groups excluding tert-OH is 1. The third-order valence-corrected chi connectivity index (χ3v) is 3.64. The van der Waals surface area contributed by atoms with Crippen molar-refractivity contribution in [3.8, 4) is 0 Å². The van der Waals surface area contributed by atoms with Gasteiger partial charge in [-0.05, 0) is 42.7 Å². The van der Waals surface area contributed by atoms with Crippen molar-refractivity contribution < 1.29 is 5.11 Å². The third kappa shape index (κ3) is 3.21. The summed E-state index contributed by atoms with van der Waals surface area (Å²) in [6, 6.07) is 14.2. The van der Waals surface area contributed by atoms with Crippen LogP contribution in [0.2, 0.25) is 0 Å². The van der Waals surface area contributed by atoms with E-state index in [0.29, 0.717) is 6.42 Å². The largest absolute Gasteiger partial charge is 0.388 e. The maximum atomic E-state index is 10.3. The highest BCUT2D eigenvalue weighted by Gasteiger charge is 2.10. The molecule has 2 heteroatoms. The lowest BCUT2D eigenvalue weighted by Crippen LogP contribution is -2.03. The molecule has 1 nitrogen and oxygen atoms in total. The second-order valence-electron chi connectivity index (χ2n) is 4.70. The first-order chi connectivity index (χ1) is 8.56. The molecule has 0 fully saturated rings. The van der Waals surface area contributed by atoms with Crippen LogP contribution in [0.5, 0.6) is 0 Å².